The number of pyridine rings is 1. The molecule has 0 radical (unpaired) electrons. The number of aryl methyl sites for hydroxylation is 1. The summed E-state index contributed by atoms with van der Waals surface area (Å²) >= 11 is 6.60. The molecule has 3 aromatic heterocycles. The smallest absolute Gasteiger partial charge is 0.333 e. The van der Waals surface area contributed by atoms with E-state index in [1.54, 1.807) is 13.0 Å². The highest BCUT2D eigenvalue weighted by Crippen LogP contribution is 2.27. The highest BCUT2D eigenvalue weighted by atomic mass is 35.5. The standard InChI is InChI=1S/C22H19ClN6O4S2/c1-12-25-17-10-14(26-13-2-3-13)4-6-16(17)21(30)29(12)19-8-5-15(11-24-19)27-22(31)28-35(32,33)20-9-7-18(23)34-20/h4-11,13,26H,2-3H2,1H3,(H2,27,28,31). The zero-order chi connectivity index (χ0) is 24.7. The zero-order valence-corrected chi connectivity index (χ0v) is 20.7. The van der Waals surface area contributed by atoms with Crippen LogP contribution >= 0.6 is 22.9 Å². The van der Waals surface area contributed by atoms with Crippen LogP contribution in [0, 0.1) is 6.92 Å². The van der Waals surface area contributed by atoms with Crippen molar-refractivity contribution in [3.05, 3.63) is 69.2 Å². The summed E-state index contributed by atoms with van der Waals surface area (Å²) in [7, 11) is -4.06. The number of thiophene rings is 1. The molecule has 2 amide bonds. The number of aromatic nitrogens is 3. The van der Waals surface area contributed by atoms with Gasteiger partial charge in [0.05, 0.1) is 27.1 Å². The lowest BCUT2D eigenvalue weighted by molar-refractivity contribution is 0.256. The van der Waals surface area contributed by atoms with Gasteiger partial charge in [-0.1, -0.05) is 11.6 Å². The lowest BCUT2D eigenvalue weighted by Crippen LogP contribution is -2.34. The van der Waals surface area contributed by atoms with Crippen molar-refractivity contribution in [3.8, 4) is 5.82 Å². The summed E-state index contributed by atoms with van der Waals surface area (Å²) in [5, 5.41) is 6.26. The summed E-state index contributed by atoms with van der Waals surface area (Å²) in [6.45, 7) is 1.71. The lowest BCUT2D eigenvalue weighted by atomic mass is 10.2. The Kier molecular flexibility index (Phi) is 5.95. The Labute approximate surface area is 209 Å². The van der Waals surface area contributed by atoms with Crippen LogP contribution in [0.1, 0.15) is 18.7 Å². The molecule has 10 nitrogen and oxygen atoms in total. The third-order valence-electron chi connectivity index (χ3n) is 5.26. The summed E-state index contributed by atoms with van der Waals surface area (Å²) < 4.78 is 28.0. The predicted octanol–water partition coefficient (Wildman–Crippen LogP) is 3.89. The van der Waals surface area contributed by atoms with Gasteiger partial charge in [-0.15, -0.1) is 11.3 Å². The fraction of sp³-hybridized carbons (Fsp3) is 0.182. The van der Waals surface area contributed by atoms with Gasteiger partial charge in [0.25, 0.3) is 15.6 Å². The van der Waals surface area contributed by atoms with Gasteiger partial charge in [-0.25, -0.2) is 32.5 Å². The predicted molar refractivity (Wildman–Crippen MR) is 135 cm³/mol. The molecule has 35 heavy (non-hydrogen) atoms. The van der Waals surface area contributed by atoms with Gasteiger partial charge in [0.2, 0.25) is 0 Å². The summed E-state index contributed by atoms with van der Waals surface area (Å²) in [6.07, 6.45) is 3.61. The van der Waals surface area contributed by atoms with Gasteiger partial charge >= 0.3 is 6.03 Å². The number of hydrogen-bond donors (Lipinski definition) is 3. The molecule has 13 heteroatoms. The van der Waals surface area contributed by atoms with Crippen molar-refractivity contribution in [2.75, 3.05) is 10.6 Å². The van der Waals surface area contributed by atoms with E-state index >= 15 is 0 Å². The second-order valence-corrected chi connectivity index (χ2v) is 11.6. The van der Waals surface area contributed by atoms with E-state index in [9.17, 15) is 18.0 Å². The van der Waals surface area contributed by atoms with Gasteiger partial charge in [-0.3, -0.25) is 4.79 Å². The lowest BCUT2D eigenvalue weighted by Gasteiger charge is -2.12. The normalized spacial score (nSPS) is 13.5. The maximum absolute atomic E-state index is 13.2. The number of halogens is 1. The van der Waals surface area contributed by atoms with Gasteiger partial charge in [0, 0.05) is 11.7 Å². The first-order chi connectivity index (χ1) is 16.7. The van der Waals surface area contributed by atoms with Crippen LogP contribution in [0.15, 0.2) is 57.7 Å². The van der Waals surface area contributed by atoms with Crippen molar-refractivity contribution in [1.82, 2.24) is 19.3 Å². The van der Waals surface area contributed by atoms with Crippen LogP contribution in [-0.4, -0.2) is 35.0 Å². The number of nitrogens with zero attached hydrogens (tertiary/aromatic N) is 3. The minimum atomic E-state index is -4.06. The van der Waals surface area contributed by atoms with Crippen LogP contribution in [0.25, 0.3) is 16.7 Å². The van der Waals surface area contributed by atoms with Gasteiger partial charge in [-0.05, 0) is 62.2 Å². The number of rotatable bonds is 6. The maximum atomic E-state index is 13.2. The Morgan fingerprint density at radius 1 is 1.14 bits per heavy atom. The third-order valence-corrected chi connectivity index (χ3v) is 8.31. The number of carbonyl (C=O) groups is 1. The molecule has 1 fully saturated rings. The Morgan fingerprint density at radius 2 is 1.91 bits per heavy atom. The number of fused-ring (bicyclic) bond motifs is 1. The van der Waals surface area contributed by atoms with Crippen LogP contribution < -0.4 is 20.9 Å². The molecule has 4 aromatic rings. The van der Waals surface area contributed by atoms with Crippen molar-refractivity contribution < 1.29 is 13.2 Å². The number of carbonyl (C=O) groups excluding carboxylic acids is 1. The van der Waals surface area contributed by atoms with Crippen molar-refractivity contribution in [2.24, 2.45) is 0 Å². The topological polar surface area (TPSA) is 135 Å². The zero-order valence-electron chi connectivity index (χ0n) is 18.3. The molecule has 0 bridgehead atoms. The number of sulfonamides is 1. The van der Waals surface area contributed by atoms with Crippen LogP contribution in [0.5, 0.6) is 0 Å². The molecule has 0 spiro atoms. The molecule has 1 aliphatic rings. The van der Waals surface area contributed by atoms with E-state index in [-0.39, 0.29) is 19.8 Å². The van der Waals surface area contributed by atoms with E-state index < -0.39 is 16.1 Å². The number of amides is 2. The molecule has 1 aromatic carbocycles. The van der Waals surface area contributed by atoms with E-state index in [4.69, 9.17) is 11.6 Å². The minimum absolute atomic E-state index is 0.0831. The molecule has 0 unspecified atom stereocenters. The van der Waals surface area contributed by atoms with Gasteiger partial charge in [0.15, 0.2) is 0 Å². The van der Waals surface area contributed by atoms with Gasteiger partial charge in [-0.2, -0.15) is 0 Å². The van der Waals surface area contributed by atoms with Crippen LogP contribution in [-0.2, 0) is 10.0 Å². The van der Waals surface area contributed by atoms with E-state index in [1.807, 2.05) is 16.9 Å². The summed E-state index contributed by atoms with van der Waals surface area (Å²) in [6, 6.07) is 10.8. The molecule has 180 valence electrons. The molecular formula is C22H19ClN6O4S2. The molecule has 0 atom stereocenters. The Bertz CT molecular complexity index is 1610. The Balaban J connectivity index is 1.34. The number of anilines is 2. The third kappa shape index (κ3) is 4.99. The molecule has 5 rings (SSSR count). The summed E-state index contributed by atoms with van der Waals surface area (Å²) in [4.78, 5) is 34.2. The first-order valence-electron chi connectivity index (χ1n) is 10.6. The van der Waals surface area contributed by atoms with E-state index in [0.717, 1.165) is 29.9 Å². The molecular weight excluding hydrogens is 512 g/mol. The molecule has 0 aliphatic heterocycles. The summed E-state index contributed by atoms with van der Waals surface area (Å²) in [5.41, 5.74) is 1.50. The van der Waals surface area contributed by atoms with E-state index in [2.05, 4.69) is 20.6 Å². The first kappa shape index (κ1) is 23.3. The fourth-order valence-electron chi connectivity index (χ4n) is 3.48. The largest absolute Gasteiger partial charge is 0.382 e. The minimum Gasteiger partial charge on any atom is -0.382 e. The second kappa shape index (κ2) is 8.95. The number of benzene rings is 1. The highest BCUT2D eigenvalue weighted by Gasteiger charge is 2.22. The van der Waals surface area contributed by atoms with Gasteiger partial charge < -0.3 is 10.6 Å². The molecule has 1 saturated carbocycles. The Morgan fingerprint density at radius 3 is 2.57 bits per heavy atom. The number of urea groups is 1. The quantitative estimate of drug-likeness (QED) is 0.344. The fourth-order valence-corrected chi connectivity index (χ4v) is 5.87. The number of nitrogens with one attached hydrogen (secondary N) is 3. The van der Waals surface area contributed by atoms with Crippen molar-refractivity contribution in [1.29, 1.82) is 0 Å². The van der Waals surface area contributed by atoms with E-state index in [0.29, 0.717) is 28.6 Å². The molecule has 1 aliphatic carbocycles. The van der Waals surface area contributed by atoms with E-state index in [1.165, 1.54) is 35.0 Å². The van der Waals surface area contributed by atoms with Crippen LogP contribution in [0.4, 0.5) is 16.2 Å². The maximum Gasteiger partial charge on any atom is 0.333 e. The van der Waals surface area contributed by atoms with Gasteiger partial charge in [0.1, 0.15) is 15.9 Å². The highest BCUT2D eigenvalue weighted by molar-refractivity contribution is 7.92. The average molecular weight is 531 g/mol. The SMILES string of the molecule is Cc1nc2cc(NC3CC3)ccc2c(=O)n1-c1ccc(NC(=O)NS(=O)(=O)c2ccc(Cl)s2)cn1. The molecule has 3 N–H and O–H groups in total. The van der Waals surface area contributed by atoms with Crippen molar-refractivity contribution in [2.45, 2.75) is 30.0 Å². The molecule has 0 saturated heterocycles. The van der Waals surface area contributed by atoms with Crippen LogP contribution in [0.2, 0.25) is 4.34 Å². The number of hydrogen-bond acceptors (Lipinski definition) is 8. The second-order valence-electron chi connectivity index (χ2n) is 7.97. The first-order valence-corrected chi connectivity index (χ1v) is 13.2. The average Bonchev–Trinajstić information content (AvgIpc) is 3.49. The van der Waals surface area contributed by atoms with Crippen LogP contribution in [0.3, 0.4) is 0 Å². The summed E-state index contributed by atoms with van der Waals surface area (Å²) in [5.74, 6) is 0.770. The Hall–Kier alpha value is -3.48. The van der Waals surface area contributed by atoms with Crippen molar-refractivity contribution in [3.63, 3.8) is 0 Å². The molecule has 3 heterocycles. The van der Waals surface area contributed by atoms with Crippen molar-refractivity contribution >= 4 is 61.3 Å². The monoisotopic (exact) mass is 530 g/mol.